The highest BCUT2D eigenvalue weighted by molar-refractivity contribution is 6.04. The fourth-order valence-corrected chi connectivity index (χ4v) is 4.13. The van der Waals surface area contributed by atoms with E-state index >= 15 is 0 Å². The van der Waals surface area contributed by atoms with Crippen molar-refractivity contribution >= 4 is 17.1 Å². The van der Waals surface area contributed by atoms with Gasteiger partial charge in [0.15, 0.2) is 11.5 Å². The Morgan fingerprint density at radius 3 is 2.79 bits per heavy atom. The van der Waals surface area contributed by atoms with Gasteiger partial charge in [-0.2, -0.15) is 0 Å². The summed E-state index contributed by atoms with van der Waals surface area (Å²) in [4.78, 5) is 24.0. The van der Waals surface area contributed by atoms with Gasteiger partial charge >= 0.3 is 0 Å². The molecule has 1 aliphatic rings. The number of benzene rings is 1. The van der Waals surface area contributed by atoms with Crippen molar-refractivity contribution < 1.29 is 4.79 Å². The molecule has 3 aromatic heterocycles. The van der Waals surface area contributed by atoms with E-state index in [4.69, 9.17) is 0 Å². The fourth-order valence-electron chi connectivity index (χ4n) is 4.13. The second kappa shape index (κ2) is 6.80. The average molecular weight is 387 g/mol. The molecule has 1 amide bonds. The van der Waals surface area contributed by atoms with E-state index in [2.05, 4.69) is 36.9 Å². The molecule has 0 fully saturated rings. The number of pyridine rings is 1. The zero-order valence-electron chi connectivity index (χ0n) is 16.4. The summed E-state index contributed by atoms with van der Waals surface area (Å²) in [6, 6.07) is 12.1. The van der Waals surface area contributed by atoms with Crippen molar-refractivity contribution in [3.05, 3.63) is 71.7 Å². The Morgan fingerprint density at radius 1 is 1.14 bits per heavy atom. The molecular weight excluding hydrogens is 366 g/mol. The van der Waals surface area contributed by atoms with Crippen molar-refractivity contribution in [1.82, 2.24) is 34.2 Å². The molecule has 0 N–H and O–H groups in total. The predicted molar refractivity (Wildman–Crippen MR) is 107 cm³/mol. The predicted octanol–water partition coefficient (Wildman–Crippen LogP) is 2.31. The maximum atomic E-state index is 13.4. The molecule has 1 aliphatic heterocycles. The van der Waals surface area contributed by atoms with Gasteiger partial charge in [0, 0.05) is 19.8 Å². The lowest BCUT2D eigenvalue weighted by Crippen LogP contribution is -2.42. The number of amides is 1. The van der Waals surface area contributed by atoms with Crippen LogP contribution in [0.4, 0.5) is 0 Å². The lowest BCUT2D eigenvalue weighted by Gasteiger charge is -2.34. The van der Waals surface area contributed by atoms with Crippen molar-refractivity contribution in [2.75, 3.05) is 6.54 Å². The van der Waals surface area contributed by atoms with Crippen LogP contribution in [-0.2, 0) is 20.0 Å². The Bertz CT molecular complexity index is 1190. The summed E-state index contributed by atoms with van der Waals surface area (Å²) in [7, 11) is 1.87. The Balaban J connectivity index is 1.50. The van der Waals surface area contributed by atoms with Gasteiger partial charge in [0.05, 0.1) is 24.5 Å². The molecule has 0 radical (unpaired) electrons. The van der Waals surface area contributed by atoms with E-state index < -0.39 is 0 Å². The number of hydrogen-bond acceptors (Lipinski definition) is 5. The first-order valence-corrected chi connectivity index (χ1v) is 9.61. The van der Waals surface area contributed by atoms with Gasteiger partial charge in [-0.05, 0) is 25.0 Å². The molecule has 8 heteroatoms. The molecule has 1 aromatic carbocycles. The van der Waals surface area contributed by atoms with E-state index in [0.29, 0.717) is 29.8 Å². The molecule has 1 atom stereocenters. The van der Waals surface area contributed by atoms with Crippen molar-refractivity contribution in [3.63, 3.8) is 0 Å². The molecule has 4 aromatic rings. The van der Waals surface area contributed by atoms with Gasteiger partial charge in [0.2, 0.25) is 0 Å². The van der Waals surface area contributed by atoms with Gasteiger partial charge < -0.3 is 14.0 Å². The number of imidazole rings is 1. The highest BCUT2D eigenvalue weighted by atomic mass is 16.2. The van der Waals surface area contributed by atoms with Gasteiger partial charge in [-0.15, -0.1) is 10.2 Å². The number of nitrogens with zero attached hydrogens (tertiary/aromatic N) is 7. The largest absolute Gasteiger partial charge is 0.329 e. The maximum Gasteiger partial charge on any atom is 0.256 e. The van der Waals surface area contributed by atoms with E-state index in [-0.39, 0.29) is 11.9 Å². The molecule has 146 valence electrons. The monoisotopic (exact) mass is 387 g/mol. The molecule has 4 heterocycles. The van der Waals surface area contributed by atoms with Gasteiger partial charge in [0.25, 0.3) is 5.91 Å². The summed E-state index contributed by atoms with van der Waals surface area (Å²) in [5.41, 5.74) is 3.12. The van der Waals surface area contributed by atoms with Crippen LogP contribution in [0, 0.1) is 6.92 Å². The molecule has 0 bridgehead atoms. The Kier molecular flexibility index (Phi) is 4.12. The van der Waals surface area contributed by atoms with Crippen LogP contribution in [0.1, 0.15) is 33.6 Å². The van der Waals surface area contributed by atoms with Gasteiger partial charge in [0.1, 0.15) is 11.3 Å². The standard InChI is InChI=1S/C21H21N7O/c1-14-24-25-18-12-27(11-16(28(14)18)10-15-6-4-3-5-7-15)21(29)17-8-9-22-20-19(17)23-13-26(20)2/h3-9,13,16H,10-12H2,1-2H3/t16-/m1/s1. The summed E-state index contributed by atoms with van der Waals surface area (Å²) >= 11 is 0. The molecule has 0 spiro atoms. The van der Waals surface area contributed by atoms with Crippen LogP contribution in [0.2, 0.25) is 0 Å². The topological polar surface area (TPSA) is 81.7 Å². The molecule has 0 aliphatic carbocycles. The molecular formula is C21H21N7O. The van der Waals surface area contributed by atoms with E-state index in [1.54, 1.807) is 18.6 Å². The van der Waals surface area contributed by atoms with Crippen LogP contribution in [0.3, 0.4) is 0 Å². The highest BCUT2D eigenvalue weighted by Gasteiger charge is 2.32. The van der Waals surface area contributed by atoms with E-state index in [1.165, 1.54) is 5.56 Å². The molecule has 0 unspecified atom stereocenters. The number of hydrogen-bond donors (Lipinski definition) is 0. The summed E-state index contributed by atoms with van der Waals surface area (Å²) in [6.07, 6.45) is 4.16. The smallest absolute Gasteiger partial charge is 0.256 e. The SMILES string of the molecule is Cc1nnc2n1[C@H](Cc1ccccc1)CN(C(=O)c1ccnc3c1ncn3C)C2. The summed E-state index contributed by atoms with van der Waals surface area (Å²) in [5.74, 6) is 1.64. The van der Waals surface area contributed by atoms with Gasteiger partial charge in [-0.1, -0.05) is 30.3 Å². The van der Waals surface area contributed by atoms with Crippen LogP contribution in [-0.4, -0.2) is 46.7 Å². The van der Waals surface area contributed by atoms with Crippen molar-refractivity contribution in [2.45, 2.75) is 25.9 Å². The van der Waals surface area contributed by atoms with E-state index in [9.17, 15) is 4.79 Å². The zero-order valence-corrected chi connectivity index (χ0v) is 16.4. The third kappa shape index (κ3) is 2.97. The fraction of sp³-hybridized carbons (Fsp3) is 0.286. The van der Waals surface area contributed by atoms with E-state index in [1.807, 2.05) is 41.6 Å². The minimum atomic E-state index is -0.0546. The normalized spacial score (nSPS) is 16.2. The summed E-state index contributed by atoms with van der Waals surface area (Å²) in [6.45, 7) is 2.99. The van der Waals surface area contributed by atoms with Gasteiger partial charge in [-0.3, -0.25) is 4.79 Å². The third-order valence-corrected chi connectivity index (χ3v) is 5.50. The second-order valence-corrected chi connectivity index (χ2v) is 7.45. The van der Waals surface area contributed by atoms with Crippen LogP contribution in [0.5, 0.6) is 0 Å². The zero-order chi connectivity index (χ0) is 20.0. The minimum absolute atomic E-state index is 0.0546. The number of carbonyl (C=O) groups is 1. The quantitative estimate of drug-likeness (QED) is 0.539. The molecule has 8 nitrogen and oxygen atoms in total. The number of aromatic nitrogens is 6. The molecule has 29 heavy (non-hydrogen) atoms. The lowest BCUT2D eigenvalue weighted by molar-refractivity contribution is 0.0674. The van der Waals surface area contributed by atoms with Gasteiger partial charge in [-0.25, -0.2) is 9.97 Å². The number of rotatable bonds is 3. The Hall–Kier alpha value is -3.55. The van der Waals surface area contributed by atoms with Crippen LogP contribution >= 0.6 is 0 Å². The first-order chi connectivity index (χ1) is 14.1. The number of aryl methyl sites for hydroxylation is 2. The van der Waals surface area contributed by atoms with Crippen LogP contribution in [0.15, 0.2) is 48.9 Å². The van der Waals surface area contributed by atoms with Crippen molar-refractivity contribution in [2.24, 2.45) is 7.05 Å². The number of fused-ring (bicyclic) bond motifs is 2. The Labute approximate surface area is 167 Å². The van der Waals surface area contributed by atoms with Crippen molar-refractivity contribution in [1.29, 1.82) is 0 Å². The molecule has 5 rings (SSSR count). The van der Waals surface area contributed by atoms with Crippen LogP contribution < -0.4 is 0 Å². The maximum absolute atomic E-state index is 13.4. The summed E-state index contributed by atoms with van der Waals surface area (Å²) in [5, 5.41) is 8.59. The van der Waals surface area contributed by atoms with Crippen molar-refractivity contribution in [3.8, 4) is 0 Å². The average Bonchev–Trinajstić information content (AvgIpc) is 3.31. The molecule has 0 saturated carbocycles. The Morgan fingerprint density at radius 2 is 1.97 bits per heavy atom. The summed E-state index contributed by atoms with van der Waals surface area (Å²) < 4.78 is 3.99. The third-order valence-electron chi connectivity index (χ3n) is 5.50. The molecule has 0 saturated heterocycles. The van der Waals surface area contributed by atoms with E-state index in [0.717, 1.165) is 18.1 Å². The second-order valence-electron chi connectivity index (χ2n) is 7.45. The lowest BCUT2D eigenvalue weighted by atomic mass is 10.0. The van der Waals surface area contributed by atoms with Crippen LogP contribution in [0.25, 0.3) is 11.2 Å². The first kappa shape index (κ1) is 17.5. The number of carbonyl (C=O) groups excluding carboxylic acids is 1. The first-order valence-electron chi connectivity index (χ1n) is 9.61. The minimum Gasteiger partial charge on any atom is -0.329 e. The highest BCUT2D eigenvalue weighted by Crippen LogP contribution is 2.27.